The van der Waals surface area contributed by atoms with Gasteiger partial charge in [0, 0.05) is 17.3 Å². The number of rotatable bonds is 5. The van der Waals surface area contributed by atoms with E-state index >= 15 is 0 Å². The number of urea groups is 1. The van der Waals surface area contributed by atoms with Gasteiger partial charge in [0.15, 0.2) is 0 Å². The van der Waals surface area contributed by atoms with E-state index in [1.165, 1.54) is 12.8 Å². The molecule has 3 amide bonds. The van der Waals surface area contributed by atoms with Gasteiger partial charge in [-0.1, -0.05) is 29.8 Å². The number of halogens is 1. The number of aryl methyl sites for hydroxylation is 1. The molecular weight excluding hydrogens is 338 g/mol. The van der Waals surface area contributed by atoms with Gasteiger partial charge in [-0.25, -0.2) is 4.79 Å². The zero-order chi connectivity index (χ0) is 17.8. The fourth-order valence-corrected chi connectivity index (χ4v) is 2.58. The Morgan fingerprint density at radius 3 is 2.60 bits per heavy atom. The predicted octanol–water partition coefficient (Wildman–Crippen LogP) is 4.43. The molecule has 1 fully saturated rings. The summed E-state index contributed by atoms with van der Waals surface area (Å²) < 4.78 is 0. The molecule has 3 N–H and O–H groups in total. The monoisotopic (exact) mass is 357 g/mol. The Balaban J connectivity index is 1.65. The molecule has 0 bridgehead atoms. The lowest BCUT2D eigenvalue weighted by Crippen LogP contribution is -2.27. The second-order valence-corrected chi connectivity index (χ2v) is 6.65. The molecule has 0 saturated heterocycles. The summed E-state index contributed by atoms with van der Waals surface area (Å²) >= 11 is 6.06. The van der Waals surface area contributed by atoms with Gasteiger partial charge in [0.1, 0.15) is 0 Å². The number of carbonyl (C=O) groups excluding carboxylic acids is 2. The van der Waals surface area contributed by atoms with Crippen molar-refractivity contribution in [3.05, 3.63) is 58.6 Å². The lowest BCUT2D eigenvalue weighted by Gasteiger charge is -2.12. The Kier molecular flexibility index (Phi) is 5.24. The first-order chi connectivity index (χ1) is 12.0. The highest BCUT2D eigenvalue weighted by atomic mass is 35.5. The van der Waals surface area contributed by atoms with Crippen LogP contribution in [0.25, 0.3) is 0 Å². The summed E-state index contributed by atoms with van der Waals surface area (Å²) in [6.07, 6.45) is 2.34. The lowest BCUT2D eigenvalue weighted by molar-refractivity contribution is 0.0952. The summed E-state index contributed by atoms with van der Waals surface area (Å²) in [5.41, 5.74) is 2.43. The van der Waals surface area contributed by atoms with E-state index in [0.29, 0.717) is 34.4 Å². The fraction of sp³-hybridized carbons (Fsp3) is 0.263. The average molecular weight is 358 g/mol. The second kappa shape index (κ2) is 7.57. The minimum atomic E-state index is -0.428. The first kappa shape index (κ1) is 17.3. The molecule has 0 atom stereocenters. The molecule has 2 aromatic rings. The first-order valence-electron chi connectivity index (χ1n) is 8.24. The third-order valence-corrected chi connectivity index (χ3v) is 4.51. The van der Waals surface area contributed by atoms with E-state index in [1.54, 1.807) is 36.4 Å². The van der Waals surface area contributed by atoms with Crippen molar-refractivity contribution in [1.29, 1.82) is 0 Å². The van der Waals surface area contributed by atoms with Crippen LogP contribution in [0, 0.1) is 12.8 Å². The first-order valence-corrected chi connectivity index (χ1v) is 8.62. The van der Waals surface area contributed by atoms with Crippen molar-refractivity contribution >= 4 is 34.9 Å². The largest absolute Gasteiger partial charge is 0.352 e. The Bertz CT molecular complexity index is 803. The summed E-state index contributed by atoms with van der Waals surface area (Å²) in [4.78, 5) is 24.6. The van der Waals surface area contributed by atoms with Crippen LogP contribution in [0.1, 0.15) is 28.8 Å². The molecule has 1 saturated carbocycles. The Morgan fingerprint density at radius 2 is 1.88 bits per heavy atom. The minimum absolute atomic E-state index is 0.179. The van der Waals surface area contributed by atoms with E-state index in [1.807, 2.05) is 13.0 Å². The van der Waals surface area contributed by atoms with Crippen LogP contribution in [-0.4, -0.2) is 18.5 Å². The number of hydrogen-bond donors (Lipinski definition) is 3. The van der Waals surface area contributed by atoms with Crippen LogP contribution in [-0.2, 0) is 0 Å². The van der Waals surface area contributed by atoms with E-state index in [0.717, 1.165) is 5.56 Å². The maximum Gasteiger partial charge on any atom is 0.323 e. The van der Waals surface area contributed by atoms with Gasteiger partial charge in [-0.05, 0) is 55.5 Å². The molecule has 6 heteroatoms. The van der Waals surface area contributed by atoms with Gasteiger partial charge in [-0.15, -0.1) is 0 Å². The van der Waals surface area contributed by atoms with Crippen molar-refractivity contribution in [2.24, 2.45) is 5.92 Å². The summed E-state index contributed by atoms with van der Waals surface area (Å²) in [5, 5.41) is 8.93. The number of hydrogen-bond acceptors (Lipinski definition) is 2. The minimum Gasteiger partial charge on any atom is -0.352 e. The number of nitrogens with one attached hydrogen (secondary N) is 3. The molecule has 0 heterocycles. The third kappa shape index (κ3) is 4.73. The van der Waals surface area contributed by atoms with Crippen molar-refractivity contribution in [3.8, 4) is 0 Å². The van der Waals surface area contributed by atoms with E-state index in [-0.39, 0.29) is 5.91 Å². The van der Waals surface area contributed by atoms with Crippen LogP contribution in [0.3, 0.4) is 0 Å². The molecule has 130 valence electrons. The molecule has 5 nitrogen and oxygen atoms in total. The van der Waals surface area contributed by atoms with Crippen LogP contribution < -0.4 is 16.0 Å². The van der Waals surface area contributed by atoms with Crippen LogP contribution in [0.4, 0.5) is 16.2 Å². The summed E-state index contributed by atoms with van der Waals surface area (Å²) in [5.74, 6) is 0.417. The van der Waals surface area contributed by atoms with Crippen molar-refractivity contribution in [1.82, 2.24) is 5.32 Å². The molecule has 0 unspecified atom stereocenters. The standard InChI is InChI=1S/C19H20ClN3O2/c1-12-6-9-14(10-16(12)20)22-19(25)23-17-5-3-2-4-15(17)18(24)21-11-13-7-8-13/h2-6,9-10,13H,7-8,11H2,1H3,(H,21,24)(H2,22,23,25). The number of anilines is 2. The quantitative estimate of drug-likeness (QED) is 0.740. The SMILES string of the molecule is Cc1ccc(NC(=O)Nc2ccccc2C(=O)NCC2CC2)cc1Cl. The smallest absolute Gasteiger partial charge is 0.323 e. The molecule has 0 aromatic heterocycles. The van der Waals surface area contributed by atoms with E-state index in [2.05, 4.69) is 16.0 Å². The predicted molar refractivity (Wildman–Crippen MR) is 100 cm³/mol. The molecule has 0 radical (unpaired) electrons. The van der Waals surface area contributed by atoms with Gasteiger partial charge < -0.3 is 16.0 Å². The zero-order valence-electron chi connectivity index (χ0n) is 13.9. The summed E-state index contributed by atoms with van der Waals surface area (Å²) in [6, 6.07) is 11.8. The van der Waals surface area contributed by atoms with Crippen LogP contribution in [0.5, 0.6) is 0 Å². The van der Waals surface area contributed by atoms with Crippen molar-refractivity contribution in [2.75, 3.05) is 17.2 Å². The zero-order valence-corrected chi connectivity index (χ0v) is 14.7. The van der Waals surface area contributed by atoms with Crippen molar-refractivity contribution < 1.29 is 9.59 Å². The van der Waals surface area contributed by atoms with Crippen LogP contribution >= 0.6 is 11.6 Å². The highest BCUT2D eigenvalue weighted by Gasteiger charge is 2.22. The molecule has 2 aromatic carbocycles. The van der Waals surface area contributed by atoms with Gasteiger partial charge in [0.25, 0.3) is 5.91 Å². The lowest BCUT2D eigenvalue weighted by atomic mass is 10.1. The molecule has 3 rings (SSSR count). The second-order valence-electron chi connectivity index (χ2n) is 6.24. The van der Waals surface area contributed by atoms with Gasteiger partial charge in [-0.3, -0.25) is 4.79 Å². The van der Waals surface area contributed by atoms with Gasteiger partial charge in [-0.2, -0.15) is 0 Å². The number of para-hydroxylation sites is 1. The maximum atomic E-state index is 12.3. The molecule has 25 heavy (non-hydrogen) atoms. The Hall–Kier alpha value is -2.53. The highest BCUT2D eigenvalue weighted by Crippen LogP contribution is 2.28. The van der Waals surface area contributed by atoms with Gasteiger partial charge >= 0.3 is 6.03 Å². The average Bonchev–Trinajstić information content (AvgIpc) is 3.41. The molecule has 0 aliphatic heterocycles. The Labute approximate surface area is 151 Å². The maximum absolute atomic E-state index is 12.3. The molecule has 1 aliphatic rings. The summed E-state index contributed by atoms with van der Waals surface area (Å²) in [6.45, 7) is 2.57. The van der Waals surface area contributed by atoms with Crippen molar-refractivity contribution in [3.63, 3.8) is 0 Å². The van der Waals surface area contributed by atoms with E-state index in [9.17, 15) is 9.59 Å². The fourth-order valence-electron chi connectivity index (χ4n) is 2.40. The number of carbonyl (C=O) groups is 2. The normalized spacial score (nSPS) is 13.2. The summed E-state index contributed by atoms with van der Waals surface area (Å²) in [7, 11) is 0. The Morgan fingerprint density at radius 1 is 1.12 bits per heavy atom. The van der Waals surface area contributed by atoms with Gasteiger partial charge in [0.05, 0.1) is 11.3 Å². The highest BCUT2D eigenvalue weighted by molar-refractivity contribution is 6.31. The van der Waals surface area contributed by atoms with Crippen LogP contribution in [0.15, 0.2) is 42.5 Å². The van der Waals surface area contributed by atoms with E-state index < -0.39 is 6.03 Å². The van der Waals surface area contributed by atoms with Gasteiger partial charge in [0.2, 0.25) is 0 Å². The number of amides is 3. The number of benzene rings is 2. The molecular formula is C19H20ClN3O2. The van der Waals surface area contributed by atoms with E-state index in [4.69, 9.17) is 11.6 Å². The molecule has 0 spiro atoms. The third-order valence-electron chi connectivity index (χ3n) is 4.10. The van der Waals surface area contributed by atoms with Crippen LogP contribution in [0.2, 0.25) is 5.02 Å². The topological polar surface area (TPSA) is 70.2 Å². The van der Waals surface area contributed by atoms with Crippen molar-refractivity contribution in [2.45, 2.75) is 19.8 Å². The molecule has 1 aliphatic carbocycles.